The predicted molar refractivity (Wildman–Crippen MR) is 73.2 cm³/mol. The van der Waals surface area contributed by atoms with Crippen LogP contribution in [0.15, 0.2) is 17.2 Å². The maximum Gasteiger partial charge on any atom is 0.252 e. The lowest BCUT2D eigenvalue weighted by Gasteiger charge is -2.15. The molecule has 1 aromatic rings. The van der Waals surface area contributed by atoms with Gasteiger partial charge in [-0.15, -0.1) is 0 Å². The molecule has 0 spiro atoms. The van der Waals surface area contributed by atoms with Crippen LogP contribution in [-0.2, 0) is 23.6 Å². The minimum Gasteiger partial charge on any atom is -0.352 e. The van der Waals surface area contributed by atoms with Crippen LogP contribution in [0.1, 0.15) is 19.5 Å². The van der Waals surface area contributed by atoms with Gasteiger partial charge in [0, 0.05) is 38.6 Å². The summed E-state index contributed by atoms with van der Waals surface area (Å²) in [5, 5.41) is 3.18. The predicted octanol–water partition coefficient (Wildman–Crippen LogP) is 1.41. The summed E-state index contributed by atoms with van der Waals surface area (Å²) in [5.41, 5.74) is 0.780. The lowest BCUT2D eigenvalue weighted by atomic mass is 10.3. The Morgan fingerprint density at radius 3 is 2.50 bits per heavy atom. The summed E-state index contributed by atoms with van der Waals surface area (Å²) in [4.78, 5) is 0.0312. The van der Waals surface area contributed by atoms with Gasteiger partial charge in [0.1, 0.15) is 4.90 Å². The van der Waals surface area contributed by atoms with Gasteiger partial charge in [0.25, 0.3) is 6.43 Å². The summed E-state index contributed by atoms with van der Waals surface area (Å²) in [6, 6.07) is 1.78. The van der Waals surface area contributed by atoms with Crippen molar-refractivity contribution in [2.75, 3.05) is 13.6 Å². The monoisotopic (exact) mass is 309 g/mol. The molecule has 1 rings (SSSR count). The summed E-state index contributed by atoms with van der Waals surface area (Å²) in [6.45, 7) is 3.67. The SMILES string of the molecule is CC(C)NCc1cc(S(=O)(=O)N(C)CC(F)F)cn1C. The van der Waals surface area contributed by atoms with Crippen molar-refractivity contribution in [1.29, 1.82) is 0 Å². The summed E-state index contributed by atoms with van der Waals surface area (Å²) in [5.74, 6) is 0. The molecular weight excluding hydrogens is 288 g/mol. The summed E-state index contributed by atoms with van der Waals surface area (Å²) in [6.07, 6.45) is -1.25. The van der Waals surface area contributed by atoms with Gasteiger partial charge in [-0.25, -0.2) is 17.2 Å². The fourth-order valence-electron chi connectivity index (χ4n) is 1.67. The van der Waals surface area contributed by atoms with Gasteiger partial charge in [0.2, 0.25) is 10.0 Å². The zero-order valence-electron chi connectivity index (χ0n) is 12.1. The molecule has 1 aromatic heterocycles. The van der Waals surface area contributed by atoms with Crippen LogP contribution in [0.2, 0.25) is 0 Å². The number of aryl methyl sites for hydroxylation is 1. The first-order valence-electron chi connectivity index (χ1n) is 6.27. The number of halogens is 2. The number of alkyl halides is 2. The lowest BCUT2D eigenvalue weighted by molar-refractivity contribution is 0.126. The Balaban J connectivity index is 2.94. The van der Waals surface area contributed by atoms with Crippen molar-refractivity contribution >= 4 is 10.0 Å². The van der Waals surface area contributed by atoms with Gasteiger partial charge in [0.05, 0.1) is 6.54 Å². The molecule has 0 saturated heterocycles. The first-order chi connectivity index (χ1) is 9.14. The second kappa shape index (κ2) is 6.64. The van der Waals surface area contributed by atoms with Crippen LogP contribution < -0.4 is 5.32 Å². The highest BCUT2D eigenvalue weighted by molar-refractivity contribution is 7.89. The molecule has 20 heavy (non-hydrogen) atoms. The molecule has 0 amide bonds. The minimum atomic E-state index is -3.87. The van der Waals surface area contributed by atoms with Gasteiger partial charge >= 0.3 is 0 Å². The van der Waals surface area contributed by atoms with E-state index in [0.717, 1.165) is 12.7 Å². The topological polar surface area (TPSA) is 54.3 Å². The van der Waals surface area contributed by atoms with Gasteiger partial charge in [-0.2, -0.15) is 4.31 Å². The zero-order valence-corrected chi connectivity index (χ0v) is 12.9. The number of nitrogens with one attached hydrogen (secondary N) is 1. The molecule has 0 radical (unpaired) electrons. The smallest absolute Gasteiger partial charge is 0.252 e. The maximum absolute atomic E-state index is 12.3. The quantitative estimate of drug-likeness (QED) is 0.828. The fourth-order valence-corrected chi connectivity index (χ4v) is 2.92. The molecule has 0 aliphatic carbocycles. The van der Waals surface area contributed by atoms with E-state index in [1.807, 2.05) is 13.8 Å². The molecule has 0 unspecified atom stereocenters. The van der Waals surface area contributed by atoms with Crippen LogP contribution in [0.4, 0.5) is 8.78 Å². The summed E-state index contributed by atoms with van der Waals surface area (Å²) < 4.78 is 51.2. The zero-order chi connectivity index (χ0) is 15.5. The highest BCUT2D eigenvalue weighted by Crippen LogP contribution is 2.18. The van der Waals surface area contributed by atoms with Crippen LogP contribution in [0.3, 0.4) is 0 Å². The fraction of sp³-hybridized carbons (Fsp3) is 0.667. The average molecular weight is 309 g/mol. The van der Waals surface area contributed by atoms with E-state index >= 15 is 0 Å². The highest BCUT2D eigenvalue weighted by atomic mass is 32.2. The number of hydrogen-bond donors (Lipinski definition) is 1. The van der Waals surface area contributed by atoms with E-state index in [2.05, 4.69) is 5.32 Å². The van der Waals surface area contributed by atoms with Crippen molar-refractivity contribution in [3.8, 4) is 0 Å². The Kier molecular flexibility index (Phi) is 5.67. The van der Waals surface area contributed by atoms with Crippen molar-refractivity contribution in [1.82, 2.24) is 14.2 Å². The molecule has 1 N–H and O–H groups in total. The van der Waals surface area contributed by atoms with E-state index < -0.39 is 23.0 Å². The summed E-state index contributed by atoms with van der Waals surface area (Å²) >= 11 is 0. The number of hydrogen-bond acceptors (Lipinski definition) is 3. The van der Waals surface area contributed by atoms with Crippen LogP contribution >= 0.6 is 0 Å². The van der Waals surface area contributed by atoms with Crippen LogP contribution in [0.5, 0.6) is 0 Å². The van der Waals surface area contributed by atoms with E-state index in [1.54, 1.807) is 11.6 Å². The standard InChI is InChI=1S/C12H21F2N3O2S/c1-9(2)15-6-10-5-11(7-16(10)3)20(18,19)17(4)8-12(13)14/h5,7,9,12,15H,6,8H2,1-4H3. The second-order valence-electron chi connectivity index (χ2n) is 4.99. The largest absolute Gasteiger partial charge is 0.352 e. The first-order valence-corrected chi connectivity index (χ1v) is 7.71. The van der Waals surface area contributed by atoms with Crippen molar-refractivity contribution in [2.45, 2.75) is 37.8 Å². The lowest BCUT2D eigenvalue weighted by Crippen LogP contribution is -2.31. The van der Waals surface area contributed by atoms with Crippen LogP contribution in [0, 0.1) is 0 Å². The van der Waals surface area contributed by atoms with E-state index in [9.17, 15) is 17.2 Å². The van der Waals surface area contributed by atoms with E-state index in [1.165, 1.54) is 12.3 Å². The normalized spacial score (nSPS) is 12.8. The molecule has 1 heterocycles. The van der Waals surface area contributed by atoms with Crippen LogP contribution in [-0.4, -0.2) is 43.3 Å². The Morgan fingerprint density at radius 2 is 2.00 bits per heavy atom. The summed E-state index contributed by atoms with van der Waals surface area (Å²) in [7, 11) is -0.991. The minimum absolute atomic E-state index is 0.0312. The number of nitrogens with zero attached hydrogens (tertiary/aromatic N) is 2. The van der Waals surface area contributed by atoms with Crippen molar-refractivity contribution < 1.29 is 17.2 Å². The van der Waals surface area contributed by atoms with Crippen molar-refractivity contribution in [3.05, 3.63) is 18.0 Å². The third-order valence-corrected chi connectivity index (χ3v) is 4.67. The Hall–Kier alpha value is -0.990. The Labute approximate surface area is 118 Å². The molecule has 0 aromatic carbocycles. The molecule has 0 atom stereocenters. The average Bonchev–Trinajstić information content (AvgIpc) is 2.67. The third-order valence-electron chi connectivity index (χ3n) is 2.88. The number of sulfonamides is 1. The molecular formula is C12H21F2N3O2S. The molecule has 0 saturated carbocycles. The van der Waals surface area contributed by atoms with E-state index in [4.69, 9.17) is 0 Å². The third kappa shape index (κ3) is 4.26. The van der Waals surface area contributed by atoms with Gasteiger partial charge < -0.3 is 9.88 Å². The molecule has 116 valence electrons. The number of aromatic nitrogens is 1. The molecule has 0 aliphatic rings. The Morgan fingerprint density at radius 1 is 1.40 bits per heavy atom. The van der Waals surface area contributed by atoms with E-state index in [0.29, 0.717) is 10.8 Å². The van der Waals surface area contributed by atoms with Gasteiger partial charge in [-0.05, 0) is 6.07 Å². The van der Waals surface area contributed by atoms with Crippen molar-refractivity contribution in [2.24, 2.45) is 7.05 Å². The van der Waals surface area contributed by atoms with Gasteiger partial charge in [-0.1, -0.05) is 13.8 Å². The van der Waals surface area contributed by atoms with Gasteiger partial charge in [-0.3, -0.25) is 0 Å². The molecule has 0 bridgehead atoms. The second-order valence-corrected chi connectivity index (χ2v) is 7.04. The first kappa shape index (κ1) is 17.1. The van der Waals surface area contributed by atoms with Gasteiger partial charge in [0.15, 0.2) is 0 Å². The maximum atomic E-state index is 12.3. The van der Waals surface area contributed by atoms with Crippen molar-refractivity contribution in [3.63, 3.8) is 0 Å². The van der Waals surface area contributed by atoms with E-state index in [-0.39, 0.29) is 10.9 Å². The molecule has 0 aliphatic heterocycles. The van der Waals surface area contributed by atoms with Crippen LogP contribution in [0.25, 0.3) is 0 Å². The Bertz CT molecular complexity index is 541. The molecule has 8 heteroatoms. The molecule has 0 fully saturated rings. The number of rotatable bonds is 7. The molecule has 5 nitrogen and oxygen atoms in total. The highest BCUT2D eigenvalue weighted by Gasteiger charge is 2.25.